The summed E-state index contributed by atoms with van der Waals surface area (Å²) in [7, 11) is 1.42. The number of nitrogens with one attached hydrogen (secondary N) is 1. The lowest BCUT2D eigenvalue weighted by Crippen LogP contribution is -2.53. The van der Waals surface area contributed by atoms with Gasteiger partial charge in [0.2, 0.25) is 0 Å². The van der Waals surface area contributed by atoms with Gasteiger partial charge in [-0.25, -0.2) is 9.59 Å². The molecule has 2 fully saturated rings. The summed E-state index contributed by atoms with van der Waals surface area (Å²) in [5.41, 5.74) is 0.0571. The van der Waals surface area contributed by atoms with E-state index in [0.29, 0.717) is 5.69 Å². The molecule has 2 aliphatic carbocycles. The van der Waals surface area contributed by atoms with E-state index in [2.05, 4.69) is 4.98 Å². The molecule has 36 heavy (non-hydrogen) atoms. The van der Waals surface area contributed by atoms with E-state index in [1.807, 2.05) is 25.2 Å². The van der Waals surface area contributed by atoms with Crippen LogP contribution in [0.25, 0.3) is 0 Å². The fraction of sp³-hybridized carbons (Fsp3) is 0.556. The molecule has 2 aliphatic heterocycles. The molecule has 9 heteroatoms. The Kier molecular flexibility index (Phi) is 6.24. The first kappa shape index (κ1) is 24.6. The van der Waals surface area contributed by atoms with Crippen molar-refractivity contribution in [1.29, 1.82) is 0 Å². The van der Waals surface area contributed by atoms with Crippen LogP contribution in [0.2, 0.25) is 0 Å². The Morgan fingerprint density at radius 1 is 1.22 bits per heavy atom. The van der Waals surface area contributed by atoms with Gasteiger partial charge in [0, 0.05) is 37.5 Å². The third-order valence-electron chi connectivity index (χ3n) is 8.13. The van der Waals surface area contributed by atoms with E-state index in [4.69, 9.17) is 18.9 Å². The van der Waals surface area contributed by atoms with Crippen LogP contribution in [0.5, 0.6) is 0 Å². The number of aromatic nitrogens is 1. The van der Waals surface area contributed by atoms with Crippen LogP contribution in [0.3, 0.4) is 0 Å². The lowest BCUT2D eigenvalue weighted by molar-refractivity contribution is -0.169. The van der Waals surface area contributed by atoms with Crippen molar-refractivity contribution in [3.63, 3.8) is 0 Å². The molecule has 1 saturated carbocycles. The number of hydrogen-bond donors (Lipinski definition) is 1. The van der Waals surface area contributed by atoms with Crippen molar-refractivity contribution in [3.05, 3.63) is 47.8 Å². The van der Waals surface area contributed by atoms with Crippen molar-refractivity contribution in [1.82, 2.24) is 4.98 Å². The van der Waals surface area contributed by atoms with Gasteiger partial charge in [0.05, 0.1) is 5.92 Å². The van der Waals surface area contributed by atoms with Gasteiger partial charge in [-0.05, 0) is 38.0 Å². The summed E-state index contributed by atoms with van der Waals surface area (Å²) in [6, 6.07) is 3.31. The monoisotopic (exact) mass is 497 g/mol. The fourth-order valence-electron chi connectivity index (χ4n) is 6.56. The molecule has 3 heterocycles. The summed E-state index contributed by atoms with van der Waals surface area (Å²) < 4.78 is 23.6. The highest BCUT2D eigenvalue weighted by Crippen LogP contribution is 2.59. The standard InChI is InChI=1S/C27H31NO8/c1-13-10-14(2)27-16(11-21(33-4)26(32)35-23(13)15(3)29)7-8-17-22(27)19(30)12-20(24(17)36-27)34-25(31)18-6-5-9-28-18/h5-10,13,16-17,20-24,28H,11-12H2,1-4H3/b14-10+/t13-,16-,17-,20-,21+,22+,23+,24-,27+/m1/s1. The van der Waals surface area contributed by atoms with Crippen LogP contribution in [-0.2, 0) is 33.3 Å². The van der Waals surface area contributed by atoms with E-state index in [-0.39, 0.29) is 36.2 Å². The van der Waals surface area contributed by atoms with Gasteiger partial charge in [0.25, 0.3) is 0 Å². The Labute approximate surface area is 209 Å². The average molecular weight is 498 g/mol. The lowest BCUT2D eigenvalue weighted by Gasteiger charge is -2.45. The summed E-state index contributed by atoms with van der Waals surface area (Å²) in [6.45, 7) is 5.09. The molecule has 1 saturated heterocycles. The first-order valence-corrected chi connectivity index (χ1v) is 12.3. The van der Waals surface area contributed by atoms with Gasteiger partial charge < -0.3 is 23.9 Å². The smallest absolute Gasteiger partial charge is 0.355 e. The average Bonchev–Trinajstić information content (AvgIpc) is 3.42. The van der Waals surface area contributed by atoms with E-state index in [9.17, 15) is 19.2 Å². The summed E-state index contributed by atoms with van der Waals surface area (Å²) >= 11 is 0. The van der Waals surface area contributed by atoms with Crippen LogP contribution in [0.4, 0.5) is 0 Å². The van der Waals surface area contributed by atoms with Crippen molar-refractivity contribution < 1.29 is 38.1 Å². The summed E-state index contributed by atoms with van der Waals surface area (Å²) in [5.74, 6) is -3.06. The number of carbonyl (C=O) groups excluding carboxylic acids is 4. The van der Waals surface area contributed by atoms with Gasteiger partial charge in [-0.15, -0.1) is 0 Å². The topological polar surface area (TPSA) is 121 Å². The van der Waals surface area contributed by atoms with Crippen LogP contribution >= 0.6 is 0 Å². The Balaban J connectivity index is 1.56. The molecule has 1 spiro atoms. The molecule has 9 atom stereocenters. The number of H-pyrrole nitrogens is 1. The van der Waals surface area contributed by atoms with Gasteiger partial charge in [-0.1, -0.05) is 25.2 Å². The molecule has 192 valence electrons. The second-order valence-electron chi connectivity index (χ2n) is 10.3. The van der Waals surface area contributed by atoms with Gasteiger partial charge in [0.1, 0.15) is 29.3 Å². The maximum absolute atomic E-state index is 13.6. The van der Waals surface area contributed by atoms with Crippen molar-refractivity contribution in [2.24, 2.45) is 23.7 Å². The minimum absolute atomic E-state index is 0.0508. The normalized spacial score (nSPS) is 41.1. The molecule has 0 unspecified atom stereocenters. The van der Waals surface area contributed by atoms with Crippen molar-refractivity contribution in [2.45, 2.75) is 63.6 Å². The summed E-state index contributed by atoms with van der Waals surface area (Å²) in [4.78, 5) is 54.5. The zero-order valence-corrected chi connectivity index (χ0v) is 20.8. The SMILES string of the molecule is CO[C@H]1C[C@H]2C=C[C@H]3[C@H]4O[C@]2(/C(C)=C/[C@@H](C)[C@@H](C(C)=O)OC1=O)[C@@H]3C(=O)C[C@H]4OC(=O)c1ccc[nH]1. The third-order valence-corrected chi connectivity index (χ3v) is 8.13. The quantitative estimate of drug-likeness (QED) is 0.498. The molecule has 4 aliphatic rings. The van der Waals surface area contributed by atoms with E-state index < -0.39 is 53.8 Å². The minimum Gasteiger partial charge on any atom is -0.454 e. The highest BCUT2D eigenvalue weighted by Gasteiger charge is 2.67. The minimum atomic E-state index is -1.04. The fourth-order valence-corrected chi connectivity index (χ4v) is 6.56. The van der Waals surface area contributed by atoms with Crippen LogP contribution < -0.4 is 0 Å². The van der Waals surface area contributed by atoms with Crippen molar-refractivity contribution in [3.8, 4) is 0 Å². The van der Waals surface area contributed by atoms with E-state index in [1.54, 1.807) is 25.3 Å². The zero-order valence-electron chi connectivity index (χ0n) is 20.8. The Morgan fingerprint density at radius 2 is 2.00 bits per heavy atom. The molecule has 0 radical (unpaired) electrons. The molecule has 0 aromatic carbocycles. The molecular weight excluding hydrogens is 466 g/mol. The highest BCUT2D eigenvalue weighted by molar-refractivity contribution is 5.90. The zero-order chi connectivity index (χ0) is 25.8. The Hall–Kier alpha value is -3.04. The van der Waals surface area contributed by atoms with Gasteiger partial charge in [0.15, 0.2) is 18.0 Å². The molecule has 1 aromatic rings. The number of rotatable bonds is 4. The van der Waals surface area contributed by atoms with Gasteiger partial charge in [-0.3, -0.25) is 9.59 Å². The van der Waals surface area contributed by atoms with E-state index in [1.165, 1.54) is 14.0 Å². The lowest BCUT2D eigenvalue weighted by atomic mass is 9.59. The number of ether oxygens (including phenoxy) is 4. The number of methoxy groups -OCH3 is 1. The van der Waals surface area contributed by atoms with Crippen LogP contribution in [0, 0.1) is 23.7 Å². The Bertz CT molecular complexity index is 1140. The second-order valence-corrected chi connectivity index (χ2v) is 10.3. The van der Waals surface area contributed by atoms with E-state index in [0.717, 1.165) is 5.57 Å². The first-order valence-electron chi connectivity index (χ1n) is 12.3. The number of hydrogen-bond acceptors (Lipinski definition) is 8. The molecular formula is C27H31NO8. The molecule has 1 N–H and O–H groups in total. The van der Waals surface area contributed by atoms with Crippen molar-refractivity contribution >= 4 is 23.5 Å². The molecule has 5 rings (SSSR count). The third kappa shape index (κ3) is 3.76. The number of carbonyl (C=O) groups is 4. The second kappa shape index (κ2) is 9.12. The van der Waals surface area contributed by atoms with Gasteiger partial charge in [-0.2, -0.15) is 0 Å². The summed E-state index contributed by atoms with van der Waals surface area (Å²) in [6.07, 6.45) is 4.53. The Morgan fingerprint density at radius 3 is 2.67 bits per heavy atom. The number of cyclic esters (lactones) is 1. The van der Waals surface area contributed by atoms with Crippen LogP contribution in [-0.4, -0.2) is 65.6 Å². The molecule has 0 amide bonds. The first-order chi connectivity index (χ1) is 17.2. The van der Waals surface area contributed by atoms with Crippen LogP contribution in [0.1, 0.15) is 44.1 Å². The van der Waals surface area contributed by atoms with Gasteiger partial charge >= 0.3 is 11.9 Å². The number of esters is 2. The molecule has 1 aromatic heterocycles. The number of ketones is 2. The highest BCUT2D eigenvalue weighted by atomic mass is 16.6. The predicted octanol–water partition coefficient (Wildman–Crippen LogP) is 2.57. The molecule has 9 nitrogen and oxygen atoms in total. The maximum atomic E-state index is 13.6. The molecule has 4 bridgehead atoms. The van der Waals surface area contributed by atoms with Crippen molar-refractivity contribution in [2.75, 3.05) is 7.11 Å². The van der Waals surface area contributed by atoms with Crippen LogP contribution in [0.15, 0.2) is 42.1 Å². The van der Waals surface area contributed by atoms with E-state index >= 15 is 0 Å². The maximum Gasteiger partial charge on any atom is 0.355 e. The number of aromatic amines is 1. The number of Topliss-reactive ketones (excluding diaryl/α,β-unsaturated/α-hetero) is 2. The summed E-state index contributed by atoms with van der Waals surface area (Å²) in [5, 5.41) is 0. The predicted molar refractivity (Wildman–Crippen MR) is 126 cm³/mol. The largest absolute Gasteiger partial charge is 0.454 e.